The molecular formula is C17H16FN3O3. The molecule has 0 aromatic heterocycles. The van der Waals surface area contributed by atoms with Crippen LogP contribution in [0.1, 0.15) is 11.1 Å². The number of nitrogens with zero attached hydrogens (tertiary/aromatic N) is 1. The van der Waals surface area contributed by atoms with Crippen molar-refractivity contribution in [3.05, 3.63) is 53.3 Å². The molecule has 0 radical (unpaired) electrons. The number of urea groups is 1. The number of phenolic OH excluding ortho intramolecular Hbond substituents is 1. The lowest BCUT2D eigenvalue weighted by molar-refractivity contribution is -0.115. The Morgan fingerprint density at radius 3 is 2.79 bits per heavy atom. The van der Waals surface area contributed by atoms with Gasteiger partial charge in [0.1, 0.15) is 11.6 Å². The maximum atomic E-state index is 13.2. The molecule has 1 aliphatic rings. The van der Waals surface area contributed by atoms with Crippen LogP contribution in [0, 0.1) is 5.82 Å². The zero-order chi connectivity index (χ0) is 17.3. The van der Waals surface area contributed by atoms with Gasteiger partial charge in [-0.2, -0.15) is 0 Å². The summed E-state index contributed by atoms with van der Waals surface area (Å²) in [6.45, 7) is 0.513. The van der Waals surface area contributed by atoms with Gasteiger partial charge in [0.2, 0.25) is 5.91 Å². The van der Waals surface area contributed by atoms with Crippen LogP contribution >= 0.6 is 0 Å². The van der Waals surface area contributed by atoms with E-state index in [2.05, 4.69) is 5.32 Å². The van der Waals surface area contributed by atoms with Gasteiger partial charge in [-0.25, -0.2) is 9.18 Å². The molecule has 2 aromatic carbocycles. The van der Waals surface area contributed by atoms with Gasteiger partial charge in [0.05, 0.1) is 6.42 Å². The Bertz CT molecular complexity index is 823. The van der Waals surface area contributed by atoms with Gasteiger partial charge in [-0.3, -0.25) is 9.69 Å². The number of benzene rings is 2. The van der Waals surface area contributed by atoms with Gasteiger partial charge in [-0.1, -0.05) is 0 Å². The van der Waals surface area contributed by atoms with Crippen molar-refractivity contribution in [1.82, 2.24) is 0 Å². The fourth-order valence-corrected chi connectivity index (χ4v) is 2.78. The maximum absolute atomic E-state index is 13.2. The number of fused-ring (bicyclic) bond motifs is 1. The van der Waals surface area contributed by atoms with E-state index in [0.717, 1.165) is 23.4 Å². The van der Waals surface area contributed by atoms with E-state index in [1.807, 2.05) is 0 Å². The van der Waals surface area contributed by atoms with Crippen molar-refractivity contribution in [2.75, 3.05) is 16.8 Å². The summed E-state index contributed by atoms with van der Waals surface area (Å²) in [5.41, 5.74) is 7.75. The number of primary amides is 1. The summed E-state index contributed by atoms with van der Waals surface area (Å²) in [5, 5.41) is 12.4. The number of carbonyl (C=O) groups is 2. The van der Waals surface area contributed by atoms with Gasteiger partial charge in [0.25, 0.3) is 0 Å². The first kappa shape index (κ1) is 15.8. The molecule has 0 atom stereocenters. The van der Waals surface area contributed by atoms with Crippen molar-refractivity contribution in [2.45, 2.75) is 12.8 Å². The minimum Gasteiger partial charge on any atom is -0.508 e. The van der Waals surface area contributed by atoms with Gasteiger partial charge in [0.15, 0.2) is 0 Å². The Balaban J connectivity index is 1.72. The molecule has 3 rings (SSSR count). The minimum atomic E-state index is -0.514. The standard InChI is InChI=1S/C17H16FN3O3/c18-12-1-4-15(22)11(7-12)9-16(23)20-13-2-3-14-10(8-13)5-6-21(14)17(19)24/h1-4,7-8,22H,5-6,9H2,(H2,19,24)(H,20,23). The van der Waals surface area contributed by atoms with E-state index in [1.54, 1.807) is 18.2 Å². The second-order valence-electron chi connectivity index (χ2n) is 5.58. The van der Waals surface area contributed by atoms with Crippen LogP contribution < -0.4 is 16.0 Å². The number of amides is 3. The summed E-state index contributed by atoms with van der Waals surface area (Å²) in [4.78, 5) is 24.9. The van der Waals surface area contributed by atoms with Crippen molar-refractivity contribution in [3.63, 3.8) is 0 Å². The Morgan fingerprint density at radius 1 is 1.25 bits per heavy atom. The number of phenols is 1. The summed E-state index contributed by atoms with van der Waals surface area (Å²) in [5.74, 6) is -1.02. The van der Waals surface area contributed by atoms with E-state index >= 15 is 0 Å². The largest absolute Gasteiger partial charge is 0.508 e. The SMILES string of the molecule is NC(=O)N1CCc2cc(NC(=O)Cc3cc(F)ccc3O)ccc21. The second-order valence-corrected chi connectivity index (χ2v) is 5.58. The average molecular weight is 329 g/mol. The number of rotatable bonds is 3. The molecular weight excluding hydrogens is 313 g/mol. The Kier molecular flexibility index (Phi) is 4.07. The Morgan fingerprint density at radius 2 is 2.04 bits per heavy atom. The van der Waals surface area contributed by atoms with Gasteiger partial charge in [-0.15, -0.1) is 0 Å². The number of nitrogens with one attached hydrogen (secondary N) is 1. The molecule has 24 heavy (non-hydrogen) atoms. The van der Waals surface area contributed by atoms with Crippen molar-refractivity contribution in [3.8, 4) is 5.75 Å². The highest BCUT2D eigenvalue weighted by molar-refractivity contribution is 5.95. The molecule has 0 bridgehead atoms. The molecule has 0 unspecified atom stereocenters. The fourth-order valence-electron chi connectivity index (χ4n) is 2.78. The lowest BCUT2D eigenvalue weighted by Gasteiger charge is -2.14. The predicted molar refractivity (Wildman–Crippen MR) is 87.5 cm³/mol. The number of anilines is 2. The van der Waals surface area contributed by atoms with E-state index in [1.165, 1.54) is 11.0 Å². The third-order valence-electron chi connectivity index (χ3n) is 3.92. The lowest BCUT2D eigenvalue weighted by Crippen LogP contribution is -2.33. The summed E-state index contributed by atoms with van der Waals surface area (Å²) in [6, 6.07) is 8.13. The average Bonchev–Trinajstić information content (AvgIpc) is 2.94. The molecule has 2 aromatic rings. The van der Waals surface area contributed by atoms with Crippen LogP contribution in [0.5, 0.6) is 5.75 Å². The van der Waals surface area contributed by atoms with E-state index in [0.29, 0.717) is 18.7 Å². The van der Waals surface area contributed by atoms with Crippen LogP contribution in [-0.4, -0.2) is 23.6 Å². The third kappa shape index (κ3) is 3.15. The number of hydrogen-bond acceptors (Lipinski definition) is 3. The smallest absolute Gasteiger partial charge is 0.319 e. The van der Waals surface area contributed by atoms with Crippen LogP contribution in [-0.2, 0) is 17.6 Å². The van der Waals surface area contributed by atoms with Gasteiger partial charge < -0.3 is 16.2 Å². The molecule has 0 saturated heterocycles. The zero-order valence-electron chi connectivity index (χ0n) is 12.8. The van der Waals surface area contributed by atoms with E-state index in [-0.39, 0.29) is 23.6 Å². The molecule has 7 heteroatoms. The zero-order valence-corrected chi connectivity index (χ0v) is 12.8. The summed E-state index contributed by atoms with van der Waals surface area (Å²) in [6.07, 6.45) is 0.515. The Hall–Kier alpha value is -3.09. The molecule has 0 spiro atoms. The van der Waals surface area contributed by atoms with Crippen molar-refractivity contribution in [1.29, 1.82) is 0 Å². The molecule has 124 valence electrons. The van der Waals surface area contributed by atoms with E-state index in [4.69, 9.17) is 5.73 Å². The first-order valence-electron chi connectivity index (χ1n) is 7.41. The molecule has 0 aliphatic carbocycles. The van der Waals surface area contributed by atoms with Crippen molar-refractivity contribution < 1.29 is 19.1 Å². The molecule has 1 aliphatic heterocycles. The van der Waals surface area contributed by atoms with Gasteiger partial charge >= 0.3 is 6.03 Å². The van der Waals surface area contributed by atoms with Crippen LogP contribution in [0.3, 0.4) is 0 Å². The third-order valence-corrected chi connectivity index (χ3v) is 3.92. The maximum Gasteiger partial charge on any atom is 0.319 e. The molecule has 0 fully saturated rings. The number of nitrogens with two attached hydrogens (primary N) is 1. The number of hydrogen-bond donors (Lipinski definition) is 3. The molecule has 6 nitrogen and oxygen atoms in total. The van der Waals surface area contributed by atoms with E-state index in [9.17, 15) is 19.1 Å². The quantitative estimate of drug-likeness (QED) is 0.805. The van der Waals surface area contributed by atoms with Crippen molar-refractivity contribution in [2.24, 2.45) is 5.73 Å². The molecule has 0 saturated carbocycles. The molecule has 1 heterocycles. The highest BCUT2D eigenvalue weighted by atomic mass is 19.1. The summed E-state index contributed by atoms with van der Waals surface area (Å²) in [7, 11) is 0. The number of aromatic hydroxyl groups is 1. The van der Waals surface area contributed by atoms with Crippen molar-refractivity contribution >= 4 is 23.3 Å². The van der Waals surface area contributed by atoms with Crippen LogP contribution in [0.25, 0.3) is 0 Å². The lowest BCUT2D eigenvalue weighted by atomic mass is 10.1. The first-order chi connectivity index (χ1) is 11.4. The molecule has 3 amide bonds. The monoisotopic (exact) mass is 329 g/mol. The predicted octanol–water partition coefficient (Wildman–Crippen LogP) is 2.15. The van der Waals surface area contributed by atoms with Gasteiger partial charge in [-0.05, 0) is 48.4 Å². The first-order valence-corrected chi connectivity index (χ1v) is 7.41. The van der Waals surface area contributed by atoms with Crippen LogP contribution in [0.2, 0.25) is 0 Å². The summed E-state index contributed by atoms with van der Waals surface area (Å²) >= 11 is 0. The van der Waals surface area contributed by atoms with Crippen LogP contribution in [0.15, 0.2) is 36.4 Å². The normalized spacial score (nSPS) is 12.8. The number of carbonyl (C=O) groups excluding carboxylic acids is 2. The number of halogens is 1. The van der Waals surface area contributed by atoms with Gasteiger partial charge in [0, 0.05) is 23.5 Å². The Labute approximate surface area is 137 Å². The van der Waals surface area contributed by atoms with E-state index < -0.39 is 11.8 Å². The molecule has 4 N–H and O–H groups in total. The second kappa shape index (κ2) is 6.19. The topological polar surface area (TPSA) is 95.7 Å². The highest BCUT2D eigenvalue weighted by Crippen LogP contribution is 2.30. The fraction of sp³-hybridized carbons (Fsp3) is 0.176. The highest BCUT2D eigenvalue weighted by Gasteiger charge is 2.23. The summed E-state index contributed by atoms with van der Waals surface area (Å²) < 4.78 is 13.2. The minimum absolute atomic E-state index is 0.127. The van der Waals surface area contributed by atoms with Crippen LogP contribution in [0.4, 0.5) is 20.6 Å².